The Morgan fingerprint density at radius 2 is 1.77 bits per heavy atom. The Labute approximate surface area is 207 Å². The van der Waals surface area contributed by atoms with Crippen LogP contribution in [0.25, 0.3) is 11.1 Å². The fourth-order valence-electron chi connectivity index (χ4n) is 3.75. The second-order valence-electron chi connectivity index (χ2n) is 8.36. The summed E-state index contributed by atoms with van der Waals surface area (Å²) in [5, 5.41) is 13.6. The van der Waals surface area contributed by atoms with Crippen LogP contribution in [0, 0.1) is 6.92 Å². The summed E-state index contributed by atoms with van der Waals surface area (Å²) in [5.74, 6) is -1.32. The van der Waals surface area contributed by atoms with Crippen LogP contribution >= 0.6 is 0 Å². The number of rotatable bonds is 9. The van der Waals surface area contributed by atoms with Gasteiger partial charge < -0.3 is 5.11 Å². The molecule has 0 radical (unpaired) electrons. The molecule has 9 nitrogen and oxygen atoms in total. The van der Waals surface area contributed by atoms with Crippen LogP contribution in [0.3, 0.4) is 0 Å². The molecule has 0 spiro atoms. The van der Waals surface area contributed by atoms with Crippen LogP contribution in [-0.4, -0.2) is 36.4 Å². The number of carbonyl (C=O) groups is 2. The summed E-state index contributed by atoms with van der Waals surface area (Å²) in [6.07, 6.45) is 0.732. The average molecular weight is 538 g/mol. The first-order valence-electron chi connectivity index (χ1n) is 10.9. The first kappa shape index (κ1) is 26.1. The molecule has 0 fully saturated rings. The Hall–Kier alpha value is -3.55. The molecule has 0 aliphatic rings. The first-order valence-corrected chi connectivity index (χ1v) is 13.8. The van der Waals surface area contributed by atoms with E-state index in [2.05, 4.69) is 10.3 Å². The van der Waals surface area contributed by atoms with Gasteiger partial charge in [0.05, 0.1) is 0 Å². The summed E-state index contributed by atoms with van der Waals surface area (Å²) in [4.78, 5) is 29.0. The van der Waals surface area contributed by atoms with E-state index in [1.165, 1.54) is 6.92 Å². The molecule has 0 bridgehead atoms. The third-order valence-electron chi connectivity index (χ3n) is 5.70. The summed E-state index contributed by atoms with van der Waals surface area (Å²) < 4.78 is 22.1. The zero-order valence-corrected chi connectivity index (χ0v) is 21.3. The van der Waals surface area contributed by atoms with Gasteiger partial charge in [0, 0.05) is 0 Å². The van der Waals surface area contributed by atoms with E-state index in [1.807, 2.05) is 6.92 Å². The van der Waals surface area contributed by atoms with Gasteiger partial charge in [-0.25, -0.2) is 0 Å². The van der Waals surface area contributed by atoms with Gasteiger partial charge in [0.15, 0.2) is 0 Å². The minimum absolute atomic E-state index is 0.0143. The molecular formula is C25H27AsN4O5. The monoisotopic (exact) mass is 538 g/mol. The van der Waals surface area contributed by atoms with Crippen LogP contribution < -0.4 is 16.8 Å². The number of hydrogen-bond acceptors (Lipinski definition) is 7. The Balaban J connectivity index is 1.94. The van der Waals surface area contributed by atoms with Gasteiger partial charge in [-0.05, 0) is 12.5 Å². The van der Waals surface area contributed by atoms with Gasteiger partial charge in [0.1, 0.15) is 0 Å². The Kier molecular flexibility index (Phi) is 8.04. The van der Waals surface area contributed by atoms with Crippen molar-refractivity contribution in [2.24, 2.45) is 5.73 Å². The molecule has 2 aromatic carbocycles. The Morgan fingerprint density at radius 3 is 2.37 bits per heavy atom. The Bertz CT molecular complexity index is 1330. The van der Waals surface area contributed by atoms with Crippen LogP contribution in [0.5, 0.6) is 0 Å². The molecule has 3 rings (SSSR count). The molecular weight excluding hydrogens is 511 g/mol. The number of pyridine rings is 1. The predicted octanol–water partition coefficient (Wildman–Crippen LogP) is 2.87. The molecule has 0 saturated carbocycles. The second-order valence-corrected chi connectivity index (χ2v) is 10.7. The quantitative estimate of drug-likeness (QED) is 0.304. The molecule has 35 heavy (non-hydrogen) atoms. The first-order chi connectivity index (χ1) is 16.5. The number of hydrogen-bond donors (Lipinski definition) is 4. The van der Waals surface area contributed by atoms with E-state index in [1.54, 1.807) is 54.6 Å². The second kappa shape index (κ2) is 10.8. The average Bonchev–Trinajstić information content (AvgIpc) is 2.80. The fourth-order valence-corrected chi connectivity index (χ4v) is 4.63. The molecule has 1 aromatic heterocycles. The van der Waals surface area contributed by atoms with Crippen LogP contribution in [0.4, 0.5) is 11.5 Å². The van der Waals surface area contributed by atoms with Gasteiger partial charge in [-0.3, -0.25) is 0 Å². The van der Waals surface area contributed by atoms with Gasteiger partial charge in [0.2, 0.25) is 0 Å². The van der Waals surface area contributed by atoms with Crippen LogP contribution in [0.2, 0.25) is 5.21 Å². The number of carbonyl (C=O) groups excluding carboxylic acids is 2. The van der Waals surface area contributed by atoms with Crippen LogP contribution in [0.1, 0.15) is 40.5 Å². The van der Waals surface area contributed by atoms with Crippen molar-refractivity contribution in [1.29, 1.82) is 0 Å². The number of amides is 2. The molecule has 6 N–H and O–H groups in total. The van der Waals surface area contributed by atoms with E-state index in [9.17, 15) is 22.2 Å². The number of benzene rings is 2. The van der Waals surface area contributed by atoms with Crippen molar-refractivity contribution in [3.8, 4) is 11.1 Å². The van der Waals surface area contributed by atoms with Crippen molar-refractivity contribution < 1.29 is 22.2 Å². The number of aromatic nitrogens is 1. The topological polar surface area (TPSA) is 165 Å². The van der Waals surface area contributed by atoms with E-state index < -0.39 is 31.9 Å². The number of nitrogens with two attached hydrogens (primary N) is 2. The third kappa shape index (κ3) is 6.12. The van der Waals surface area contributed by atoms with Crippen molar-refractivity contribution in [3.63, 3.8) is 0 Å². The third-order valence-corrected chi connectivity index (χ3v) is 7.13. The number of aryl methyl sites for hydroxylation is 2. The number of nitrogens with zero attached hydrogens (tertiary/aromatic N) is 1. The summed E-state index contributed by atoms with van der Waals surface area (Å²) >= 11 is -3.26. The van der Waals surface area contributed by atoms with E-state index in [4.69, 9.17) is 11.5 Å². The van der Waals surface area contributed by atoms with Gasteiger partial charge in [-0.2, -0.15) is 0 Å². The Morgan fingerprint density at radius 1 is 1.09 bits per heavy atom. The zero-order chi connectivity index (χ0) is 25.8. The van der Waals surface area contributed by atoms with E-state index in [0.29, 0.717) is 35.3 Å². The maximum atomic E-state index is 12.8. The van der Waals surface area contributed by atoms with Gasteiger partial charge >= 0.3 is 159 Å². The molecule has 2 amide bonds. The van der Waals surface area contributed by atoms with Gasteiger partial charge in [-0.15, -0.1) is 0 Å². The minimum atomic E-state index is -3.26. The molecule has 10 heteroatoms. The summed E-state index contributed by atoms with van der Waals surface area (Å²) in [5.41, 5.74) is 13.3. The van der Waals surface area contributed by atoms with E-state index in [-0.39, 0.29) is 16.6 Å². The van der Waals surface area contributed by atoms with Crippen molar-refractivity contribution in [1.82, 2.24) is 4.98 Å². The van der Waals surface area contributed by atoms with Crippen molar-refractivity contribution in [2.45, 2.75) is 37.5 Å². The van der Waals surface area contributed by atoms with E-state index in [0.717, 1.165) is 11.1 Å². The normalized spacial score (nSPS) is 12.5. The molecule has 0 aliphatic carbocycles. The molecule has 1 heterocycles. The molecule has 3 aromatic rings. The SMILES string of the molecule is Cc1cc(NC(=O)C(C)(O)c2ccccc2)ccc1-c1cc(C(N)=O)c(N)nc1CCC[As](=O)=O. The van der Waals surface area contributed by atoms with Crippen LogP contribution in [0.15, 0.2) is 54.6 Å². The van der Waals surface area contributed by atoms with Gasteiger partial charge in [-0.1, -0.05) is 30.3 Å². The number of primary amides is 1. The molecule has 1 unspecified atom stereocenters. The predicted molar refractivity (Wildman–Crippen MR) is 132 cm³/mol. The van der Waals surface area contributed by atoms with Crippen LogP contribution in [-0.2, 0) is 24.3 Å². The number of nitrogen functional groups attached to an aromatic ring is 1. The number of aliphatic hydroxyl groups is 1. The van der Waals surface area contributed by atoms with Crippen molar-refractivity contribution >= 4 is 37.8 Å². The standard InChI is InChI=1S/C25H27AsN4O5/c1-15-13-17(29-24(32)25(2,33)16-7-4-3-5-8-16)10-11-18(15)19-14-20(23(28)31)22(27)30-21(19)9-6-12-26(34)35/h3-5,7-8,10-11,13-14,33H,6,9,12H2,1-2H3,(H2,27,30)(H2,28,31)(H,29,32). The zero-order valence-electron chi connectivity index (χ0n) is 19.4. The number of anilines is 2. The maximum absolute atomic E-state index is 12.8. The molecule has 182 valence electrons. The summed E-state index contributed by atoms with van der Waals surface area (Å²) in [6.45, 7) is 3.25. The molecule has 0 aliphatic heterocycles. The van der Waals surface area contributed by atoms with Crippen molar-refractivity contribution in [3.05, 3.63) is 77.0 Å². The number of nitrogens with one attached hydrogen (secondary N) is 1. The summed E-state index contributed by atoms with van der Waals surface area (Å²) in [7, 11) is 0. The molecule has 0 saturated heterocycles. The van der Waals surface area contributed by atoms with Gasteiger partial charge in [0.25, 0.3) is 0 Å². The van der Waals surface area contributed by atoms with Crippen molar-refractivity contribution in [2.75, 3.05) is 11.1 Å². The molecule has 1 atom stereocenters. The summed E-state index contributed by atoms with van der Waals surface area (Å²) in [6, 6.07) is 15.3. The van der Waals surface area contributed by atoms with E-state index >= 15 is 0 Å². The fraction of sp³-hybridized carbons (Fsp3) is 0.240.